The van der Waals surface area contributed by atoms with Crippen LogP contribution in [0.25, 0.3) is 6.08 Å². The van der Waals surface area contributed by atoms with Crippen molar-refractivity contribution >= 4 is 17.9 Å². The Kier molecular flexibility index (Phi) is 4.77. The number of carboxylic acid groups (broad SMARTS) is 1. The van der Waals surface area contributed by atoms with Crippen molar-refractivity contribution in [1.29, 1.82) is 0 Å². The maximum absolute atomic E-state index is 10.5. The summed E-state index contributed by atoms with van der Waals surface area (Å²) < 4.78 is 0. The molecule has 0 amide bonds. The third-order valence-corrected chi connectivity index (χ3v) is 3.46. The number of carbonyl (C=O) groups is 1. The van der Waals surface area contributed by atoms with Gasteiger partial charge in [-0.2, -0.15) is 0 Å². The van der Waals surface area contributed by atoms with Crippen molar-refractivity contribution in [1.82, 2.24) is 4.98 Å². The molecule has 1 heterocycles. The molecule has 1 aromatic rings. The molecule has 2 rings (SSSR count). The molecule has 1 N–H and O–H groups in total. The number of pyridine rings is 1. The van der Waals surface area contributed by atoms with Crippen LogP contribution >= 0.6 is 0 Å². The van der Waals surface area contributed by atoms with Gasteiger partial charge in [-0.15, -0.1) is 0 Å². The van der Waals surface area contributed by atoms with Crippen LogP contribution in [0, 0.1) is 12.8 Å². The number of aryl methyl sites for hydroxylation is 1. The van der Waals surface area contributed by atoms with Crippen molar-refractivity contribution in [2.45, 2.75) is 33.1 Å². The van der Waals surface area contributed by atoms with Crippen LogP contribution in [0.1, 0.15) is 37.3 Å². The maximum Gasteiger partial charge on any atom is 0.328 e. The summed E-state index contributed by atoms with van der Waals surface area (Å²) in [6, 6.07) is 2.00. The van der Waals surface area contributed by atoms with E-state index in [1.807, 2.05) is 13.0 Å². The van der Waals surface area contributed by atoms with Crippen LogP contribution in [-0.4, -0.2) is 29.1 Å². The molecule has 4 nitrogen and oxygen atoms in total. The van der Waals surface area contributed by atoms with E-state index in [-0.39, 0.29) is 0 Å². The molecule has 1 saturated carbocycles. The van der Waals surface area contributed by atoms with Gasteiger partial charge in [-0.25, -0.2) is 9.78 Å². The Morgan fingerprint density at radius 3 is 2.85 bits per heavy atom. The van der Waals surface area contributed by atoms with Crippen LogP contribution in [0.4, 0.5) is 5.82 Å². The molecule has 1 aliphatic rings. The summed E-state index contributed by atoms with van der Waals surface area (Å²) in [5, 5.41) is 8.65. The van der Waals surface area contributed by atoms with Crippen molar-refractivity contribution < 1.29 is 9.90 Å². The van der Waals surface area contributed by atoms with Gasteiger partial charge in [0.15, 0.2) is 0 Å². The molecule has 0 spiro atoms. The zero-order chi connectivity index (χ0) is 14.5. The minimum absolute atomic E-state index is 0.828. The van der Waals surface area contributed by atoms with Gasteiger partial charge < -0.3 is 10.0 Å². The molecule has 0 atom stereocenters. The largest absolute Gasteiger partial charge is 0.478 e. The lowest BCUT2D eigenvalue weighted by atomic mass is 10.1. The number of rotatable bonds is 7. The fourth-order valence-corrected chi connectivity index (χ4v) is 2.34. The number of nitrogens with zero attached hydrogens (tertiary/aromatic N) is 2. The first-order valence-corrected chi connectivity index (χ1v) is 7.22. The van der Waals surface area contributed by atoms with Crippen molar-refractivity contribution in [3.8, 4) is 0 Å². The van der Waals surface area contributed by atoms with Gasteiger partial charge in [0, 0.05) is 25.4 Å². The number of aromatic nitrogens is 1. The van der Waals surface area contributed by atoms with E-state index < -0.39 is 5.97 Å². The Morgan fingerprint density at radius 2 is 2.30 bits per heavy atom. The Bertz CT molecular complexity index is 507. The predicted octanol–water partition coefficient (Wildman–Crippen LogP) is 3.11. The molecule has 0 bridgehead atoms. The fourth-order valence-electron chi connectivity index (χ4n) is 2.34. The van der Waals surface area contributed by atoms with Gasteiger partial charge in [-0.05, 0) is 55.4 Å². The normalized spacial score (nSPS) is 14.7. The van der Waals surface area contributed by atoms with E-state index in [1.54, 1.807) is 12.3 Å². The zero-order valence-corrected chi connectivity index (χ0v) is 12.2. The summed E-state index contributed by atoms with van der Waals surface area (Å²) in [6.45, 7) is 6.33. The second-order valence-corrected chi connectivity index (χ2v) is 5.47. The SMILES string of the molecule is CCCN(CC1CC1)c1ncc(/C=C/C(=O)O)cc1C. The average molecular weight is 274 g/mol. The third-order valence-electron chi connectivity index (χ3n) is 3.46. The van der Waals surface area contributed by atoms with Crippen LogP contribution in [-0.2, 0) is 4.79 Å². The van der Waals surface area contributed by atoms with E-state index in [0.29, 0.717) is 0 Å². The molecule has 0 aliphatic heterocycles. The van der Waals surface area contributed by atoms with Gasteiger partial charge >= 0.3 is 5.97 Å². The first-order chi connectivity index (χ1) is 9.60. The number of carboxylic acids is 1. The Labute approximate surface area is 120 Å². The molecule has 0 aromatic carbocycles. The molecular formula is C16H22N2O2. The lowest BCUT2D eigenvalue weighted by Gasteiger charge is -2.25. The van der Waals surface area contributed by atoms with Gasteiger partial charge in [-0.1, -0.05) is 6.92 Å². The van der Waals surface area contributed by atoms with Crippen molar-refractivity contribution in [3.63, 3.8) is 0 Å². The molecule has 4 heteroatoms. The molecule has 1 aliphatic carbocycles. The predicted molar refractivity (Wildman–Crippen MR) is 80.9 cm³/mol. The van der Waals surface area contributed by atoms with E-state index in [2.05, 4.69) is 16.8 Å². The second-order valence-electron chi connectivity index (χ2n) is 5.47. The van der Waals surface area contributed by atoms with Crippen LogP contribution in [0.5, 0.6) is 0 Å². The second kappa shape index (κ2) is 6.55. The van der Waals surface area contributed by atoms with Crippen LogP contribution in [0.3, 0.4) is 0 Å². The van der Waals surface area contributed by atoms with E-state index in [4.69, 9.17) is 5.11 Å². The molecule has 20 heavy (non-hydrogen) atoms. The Morgan fingerprint density at radius 1 is 1.55 bits per heavy atom. The summed E-state index contributed by atoms with van der Waals surface area (Å²) in [4.78, 5) is 17.4. The quantitative estimate of drug-likeness (QED) is 0.776. The highest BCUT2D eigenvalue weighted by Gasteiger charge is 2.25. The first kappa shape index (κ1) is 14.6. The van der Waals surface area contributed by atoms with Crippen LogP contribution < -0.4 is 4.90 Å². The van der Waals surface area contributed by atoms with E-state index in [0.717, 1.165) is 48.4 Å². The summed E-state index contributed by atoms with van der Waals surface area (Å²) >= 11 is 0. The smallest absolute Gasteiger partial charge is 0.328 e. The van der Waals surface area contributed by atoms with E-state index >= 15 is 0 Å². The minimum atomic E-state index is -0.937. The Hall–Kier alpha value is -1.84. The summed E-state index contributed by atoms with van der Waals surface area (Å²) in [7, 11) is 0. The van der Waals surface area contributed by atoms with Crippen LogP contribution in [0.2, 0.25) is 0 Å². The fraction of sp³-hybridized carbons (Fsp3) is 0.500. The topological polar surface area (TPSA) is 53.4 Å². The monoisotopic (exact) mass is 274 g/mol. The number of aliphatic carboxylic acids is 1. The van der Waals surface area contributed by atoms with E-state index in [1.165, 1.54) is 12.8 Å². The van der Waals surface area contributed by atoms with Gasteiger partial charge in [0.1, 0.15) is 5.82 Å². The highest BCUT2D eigenvalue weighted by molar-refractivity contribution is 5.85. The molecule has 0 saturated heterocycles. The summed E-state index contributed by atoms with van der Waals surface area (Å²) in [5.41, 5.74) is 1.93. The minimum Gasteiger partial charge on any atom is -0.478 e. The van der Waals surface area contributed by atoms with E-state index in [9.17, 15) is 4.79 Å². The Balaban J connectivity index is 2.15. The highest BCUT2D eigenvalue weighted by atomic mass is 16.4. The molecule has 1 fully saturated rings. The summed E-state index contributed by atoms with van der Waals surface area (Å²) in [5.74, 6) is 0.925. The molecule has 0 unspecified atom stereocenters. The molecular weight excluding hydrogens is 252 g/mol. The lowest BCUT2D eigenvalue weighted by Crippen LogP contribution is -2.28. The standard InChI is InChI=1S/C16H22N2O2/c1-3-8-18(11-13-4-5-13)16-12(2)9-14(10-17-16)6-7-15(19)20/h6-7,9-10,13H,3-5,8,11H2,1-2H3,(H,19,20)/b7-6+. The number of hydrogen-bond acceptors (Lipinski definition) is 3. The molecule has 1 aromatic heterocycles. The van der Waals surface area contributed by atoms with Crippen LogP contribution in [0.15, 0.2) is 18.3 Å². The van der Waals surface area contributed by atoms with Crippen molar-refractivity contribution in [3.05, 3.63) is 29.5 Å². The van der Waals surface area contributed by atoms with Crippen molar-refractivity contribution in [2.75, 3.05) is 18.0 Å². The van der Waals surface area contributed by atoms with Gasteiger partial charge in [0.05, 0.1) is 0 Å². The third kappa shape index (κ3) is 4.08. The number of hydrogen-bond donors (Lipinski definition) is 1. The zero-order valence-electron chi connectivity index (χ0n) is 12.2. The van der Waals surface area contributed by atoms with Crippen molar-refractivity contribution in [2.24, 2.45) is 5.92 Å². The maximum atomic E-state index is 10.5. The molecule has 0 radical (unpaired) electrons. The van der Waals surface area contributed by atoms with Gasteiger partial charge in [-0.3, -0.25) is 0 Å². The lowest BCUT2D eigenvalue weighted by molar-refractivity contribution is -0.131. The highest BCUT2D eigenvalue weighted by Crippen LogP contribution is 2.32. The van der Waals surface area contributed by atoms with Gasteiger partial charge in [0.2, 0.25) is 0 Å². The molecule has 108 valence electrons. The number of anilines is 1. The van der Waals surface area contributed by atoms with Gasteiger partial charge in [0.25, 0.3) is 0 Å². The average Bonchev–Trinajstić information content (AvgIpc) is 3.20. The summed E-state index contributed by atoms with van der Waals surface area (Å²) in [6.07, 6.45) is 8.24. The first-order valence-electron chi connectivity index (χ1n) is 7.22.